The van der Waals surface area contributed by atoms with Crippen LogP contribution in [0.5, 0.6) is 0 Å². The first kappa shape index (κ1) is 19.8. The number of benzene rings is 1. The van der Waals surface area contributed by atoms with Crippen molar-refractivity contribution in [3.05, 3.63) is 64.2 Å². The van der Waals surface area contributed by atoms with E-state index in [0.717, 1.165) is 29.1 Å². The molecule has 156 valence electrons. The molecule has 4 rings (SSSR count). The number of fused-ring (bicyclic) bond motifs is 1. The minimum absolute atomic E-state index is 0.0692. The van der Waals surface area contributed by atoms with Crippen LogP contribution in [-0.4, -0.2) is 48.5 Å². The van der Waals surface area contributed by atoms with Gasteiger partial charge in [-0.25, -0.2) is 4.68 Å². The molecule has 1 atom stereocenters. The summed E-state index contributed by atoms with van der Waals surface area (Å²) >= 11 is 0. The minimum atomic E-state index is -0.344. The van der Waals surface area contributed by atoms with Crippen molar-refractivity contribution in [3.63, 3.8) is 0 Å². The van der Waals surface area contributed by atoms with E-state index in [0.29, 0.717) is 13.1 Å². The largest absolute Gasteiger partial charge is 0.342 e. The maximum absolute atomic E-state index is 13.1. The molecule has 1 aliphatic heterocycles. The molecule has 0 radical (unpaired) electrons. The van der Waals surface area contributed by atoms with Gasteiger partial charge in [0.1, 0.15) is 0 Å². The number of carbonyl (C=O) groups excluding carboxylic acids is 2. The van der Waals surface area contributed by atoms with E-state index < -0.39 is 0 Å². The molecule has 0 fully saturated rings. The number of nitrogens with one attached hydrogen (secondary N) is 1. The summed E-state index contributed by atoms with van der Waals surface area (Å²) in [6.45, 7) is 7.54. The highest BCUT2D eigenvalue weighted by molar-refractivity contribution is 6.05. The van der Waals surface area contributed by atoms with Crippen LogP contribution in [0.4, 0.5) is 0 Å². The van der Waals surface area contributed by atoms with E-state index in [-0.39, 0.29) is 29.2 Å². The second-order valence-corrected chi connectivity index (χ2v) is 7.53. The third-order valence-electron chi connectivity index (χ3n) is 5.59. The zero-order chi connectivity index (χ0) is 21.4. The molecule has 1 N–H and O–H groups in total. The Labute approximate surface area is 174 Å². The molecule has 9 nitrogen and oxygen atoms in total. The Hall–Kier alpha value is -3.49. The van der Waals surface area contributed by atoms with Crippen molar-refractivity contribution in [1.82, 2.24) is 35.0 Å². The van der Waals surface area contributed by atoms with E-state index in [9.17, 15) is 9.59 Å². The van der Waals surface area contributed by atoms with Crippen molar-refractivity contribution < 1.29 is 9.59 Å². The zero-order valence-electron chi connectivity index (χ0n) is 17.6. The molecule has 2 amide bonds. The normalized spacial score (nSPS) is 15.6. The zero-order valence-corrected chi connectivity index (χ0v) is 17.6. The topological polar surface area (TPSA) is 97.9 Å². The average Bonchev–Trinajstić information content (AvgIpc) is 3.30. The Morgan fingerprint density at radius 2 is 2.00 bits per heavy atom. The molecule has 9 heteroatoms. The third-order valence-corrected chi connectivity index (χ3v) is 5.59. The molecule has 0 saturated heterocycles. The lowest BCUT2D eigenvalue weighted by Crippen LogP contribution is -2.40. The molecule has 1 aliphatic rings. The van der Waals surface area contributed by atoms with E-state index in [1.807, 2.05) is 55.8 Å². The Morgan fingerprint density at radius 1 is 1.27 bits per heavy atom. The highest BCUT2D eigenvalue weighted by atomic mass is 16.2. The number of nitrogens with zero attached hydrogens (tertiary/aromatic N) is 6. The fourth-order valence-electron chi connectivity index (χ4n) is 3.89. The van der Waals surface area contributed by atoms with Gasteiger partial charge in [-0.15, -0.1) is 5.10 Å². The molecular weight excluding hydrogens is 382 g/mol. The quantitative estimate of drug-likeness (QED) is 0.696. The summed E-state index contributed by atoms with van der Waals surface area (Å²) in [5.41, 5.74) is 4.18. The maximum Gasteiger partial charge on any atom is 0.276 e. The highest BCUT2D eigenvalue weighted by Crippen LogP contribution is 2.23. The first-order valence-electron chi connectivity index (χ1n) is 9.98. The standard InChI is InChI=1S/C21H25N7O2/c1-5-27-14(3)16(13(2)24-27)11-26(4)21(30)18-19-20(29)22-17(12-28(19)25-23-18)15-9-7-6-8-10-15/h6-10,17H,5,11-12H2,1-4H3,(H,22,29)/t17-/m1/s1. The lowest BCUT2D eigenvalue weighted by molar-refractivity contribution is 0.0767. The van der Waals surface area contributed by atoms with E-state index in [1.54, 1.807) is 11.9 Å². The van der Waals surface area contributed by atoms with E-state index in [1.165, 1.54) is 4.68 Å². The van der Waals surface area contributed by atoms with Crippen LogP contribution in [0.15, 0.2) is 30.3 Å². The van der Waals surface area contributed by atoms with E-state index in [4.69, 9.17) is 0 Å². The molecule has 0 bridgehead atoms. The van der Waals surface area contributed by atoms with Crippen LogP contribution in [0.2, 0.25) is 0 Å². The molecular formula is C21H25N7O2. The fourth-order valence-corrected chi connectivity index (χ4v) is 3.89. The lowest BCUT2D eigenvalue weighted by atomic mass is 10.0. The van der Waals surface area contributed by atoms with Gasteiger partial charge < -0.3 is 10.2 Å². The lowest BCUT2D eigenvalue weighted by Gasteiger charge is -2.25. The van der Waals surface area contributed by atoms with Gasteiger partial charge in [-0.05, 0) is 26.3 Å². The van der Waals surface area contributed by atoms with Crippen molar-refractivity contribution in [2.24, 2.45) is 0 Å². The first-order chi connectivity index (χ1) is 14.4. The fraction of sp³-hybridized carbons (Fsp3) is 0.381. The van der Waals surface area contributed by atoms with Crippen LogP contribution in [0.3, 0.4) is 0 Å². The molecule has 0 unspecified atom stereocenters. The van der Waals surface area contributed by atoms with Crippen molar-refractivity contribution in [3.8, 4) is 0 Å². The van der Waals surface area contributed by atoms with Crippen molar-refractivity contribution in [2.75, 3.05) is 7.05 Å². The molecule has 3 aromatic rings. The van der Waals surface area contributed by atoms with Crippen LogP contribution in [-0.2, 0) is 19.6 Å². The predicted octanol–water partition coefficient (Wildman–Crippen LogP) is 1.87. The monoisotopic (exact) mass is 407 g/mol. The van der Waals surface area contributed by atoms with E-state index >= 15 is 0 Å². The summed E-state index contributed by atoms with van der Waals surface area (Å²) in [7, 11) is 1.70. The number of amides is 2. The van der Waals surface area contributed by atoms with Crippen molar-refractivity contribution in [2.45, 2.75) is 46.4 Å². The number of rotatable bonds is 5. The van der Waals surface area contributed by atoms with Crippen LogP contribution < -0.4 is 5.32 Å². The van der Waals surface area contributed by atoms with Crippen LogP contribution in [0, 0.1) is 13.8 Å². The van der Waals surface area contributed by atoms with Gasteiger partial charge in [0.2, 0.25) is 0 Å². The molecule has 1 aromatic carbocycles. The van der Waals surface area contributed by atoms with Gasteiger partial charge in [0.15, 0.2) is 11.4 Å². The van der Waals surface area contributed by atoms with Gasteiger partial charge >= 0.3 is 0 Å². The summed E-state index contributed by atoms with van der Waals surface area (Å²) < 4.78 is 3.43. The number of hydrogen-bond acceptors (Lipinski definition) is 5. The smallest absolute Gasteiger partial charge is 0.276 e. The van der Waals surface area contributed by atoms with Crippen molar-refractivity contribution in [1.29, 1.82) is 0 Å². The minimum Gasteiger partial charge on any atom is -0.342 e. The summed E-state index contributed by atoms with van der Waals surface area (Å²) in [6, 6.07) is 9.47. The molecule has 2 aromatic heterocycles. The SMILES string of the molecule is CCn1nc(C)c(CN(C)C(=O)c2nnn3c2C(=O)N[C@@H](c2ccccc2)C3)c1C. The Morgan fingerprint density at radius 3 is 2.67 bits per heavy atom. The summed E-state index contributed by atoms with van der Waals surface area (Å²) in [4.78, 5) is 27.4. The molecule has 0 saturated carbocycles. The van der Waals surface area contributed by atoms with Crippen LogP contribution in [0.1, 0.15) is 56.5 Å². The predicted molar refractivity (Wildman–Crippen MR) is 110 cm³/mol. The summed E-state index contributed by atoms with van der Waals surface area (Å²) in [5.74, 6) is -0.685. The molecule has 3 heterocycles. The molecule has 30 heavy (non-hydrogen) atoms. The van der Waals surface area contributed by atoms with E-state index in [2.05, 4.69) is 20.7 Å². The highest BCUT2D eigenvalue weighted by Gasteiger charge is 2.33. The molecule has 0 aliphatic carbocycles. The molecule has 0 spiro atoms. The van der Waals surface area contributed by atoms with Gasteiger partial charge in [0.05, 0.1) is 18.3 Å². The Kier molecular flexibility index (Phi) is 5.11. The second-order valence-electron chi connectivity index (χ2n) is 7.53. The Bertz CT molecular complexity index is 1100. The van der Waals surface area contributed by atoms with Gasteiger partial charge in [0.25, 0.3) is 11.8 Å². The first-order valence-corrected chi connectivity index (χ1v) is 9.98. The van der Waals surface area contributed by atoms with Gasteiger partial charge in [-0.3, -0.25) is 14.3 Å². The average molecular weight is 407 g/mol. The number of hydrogen-bond donors (Lipinski definition) is 1. The van der Waals surface area contributed by atoms with Gasteiger partial charge in [-0.2, -0.15) is 5.10 Å². The van der Waals surface area contributed by atoms with Gasteiger partial charge in [0, 0.05) is 31.4 Å². The second kappa shape index (κ2) is 7.74. The summed E-state index contributed by atoms with van der Waals surface area (Å²) in [5, 5.41) is 15.6. The third kappa shape index (κ3) is 3.36. The van der Waals surface area contributed by atoms with Crippen LogP contribution in [0.25, 0.3) is 0 Å². The Balaban J connectivity index is 1.56. The number of carbonyl (C=O) groups is 2. The van der Waals surface area contributed by atoms with Gasteiger partial charge in [-0.1, -0.05) is 35.5 Å². The maximum atomic E-state index is 13.1. The van der Waals surface area contributed by atoms with Crippen molar-refractivity contribution >= 4 is 11.8 Å². The number of aromatic nitrogens is 5. The summed E-state index contributed by atoms with van der Waals surface area (Å²) in [6.07, 6.45) is 0. The van der Waals surface area contributed by atoms with Crippen LogP contribution >= 0.6 is 0 Å². The number of aryl methyl sites for hydroxylation is 2.